The average molecular weight is 248 g/mol. The Morgan fingerprint density at radius 3 is 2.62 bits per heavy atom. The molecule has 0 aliphatic carbocycles. The first-order valence-corrected chi connectivity index (χ1v) is 6.03. The Bertz CT molecular complexity index is 195. The highest BCUT2D eigenvalue weighted by Gasteiger charge is 2.30. The molecule has 1 amide bonds. The van der Waals surface area contributed by atoms with Gasteiger partial charge in [-0.1, -0.05) is 29.8 Å². The third-order valence-electron chi connectivity index (χ3n) is 3.03. The van der Waals surface area contributed by atoms with Gasteiger partial charge in [0.05, 0.1) is 5.33 Å². The first-order valence-electron chi connectivity index (χ1n) is 4.91. The van der Waals surface area contributed by atoms with Crippen LogP contribution in [-0.2, 0) is 4.79 Å². The van der Waals surface area contributed by atoms with Crippen molar-refractivity contribution in [3.63, 3.8) is 0 Å². The second-order valence-electron chi connectivity index (χ2n) is 4.24. The van der Waals surface area contributed by atoms with Crippen LogP contribution in [0.5, 0.6) is 0 Å². The van der Waals surface area contributed by atoms with Crippen LogP contribution in [0, 0.1) is 11.8 Å². The molecule has 3 atom stereocenters. The maximum absolute atomic E-state index is 11.5. The summed E-state index contributed by atoms with van der Waals surface area (Å²) in [4.78, 5) is 13.6. The third kappa shape index (κ3) is 2.46. The average Bonchev–Trinajstić information content (AvgIpc) is 2.10. The van der Waals surface area contributed by atoms with E-state index in [-0.39, 0.29) is 5.91 Å². The molecule has 2 nitrogen and oxygen atoms in total. The van der Waals surface area contributed by atoms with Crippen molar-refractivity contribution >= 4 is 21.8 Å². The molecule has 1 rings (SSSR count). The molecule has 1 aliphatic heterocycles. The highest BCUT2D eigenvalue weighted by Crippen LogP contribution is 2.26. The minimum absolute atomic E-state index is 0.228. The fourth-order valence-corrected chi connectivity index (χ4v) is 2.44. The van der Waals surface area contributed by atoms with Crippen LogP contribution in [0.4, 0.5) is 0 Å². The smallest absolute Gasteiger partial charge is 0.233 e. The van der Waals surface area contributed by atoms with Crippen molar-refractivity contribution in [3.05, 3.63) is 0 Å². The van der Waals surface area contributed by atoms with Gasteiger partial charge in [0.2, 0.25) is 5.91 Å². The molecule has 1 aliphatic rings. The molecule has 1 saturated heterocycles. The zero-order chi connectivity index (χ0) is 10.0. The number of piperidine rings is 1. The monoisotopic (exact) mass is 247 g/mol. The number of rotatable bonds is 1. The zero-order valence-corrected chi connectivity index (χ0v) is 10.2. The summed E-state index contributed by atoms with van der Waals surface area (Å²) in [6, 6.07) is 0.404. The Labute approximate surface area is 88.8 Å². The van der Waals surface area contributed by atoms with Crippen molar-refractivity contribution in [1.29, 1.82) is 0 Å². The van der Waals surface area contributed by atoms with E-state index in [0.717, 1.165) is 6.54 Å². The summed E-state index contributed by atoms with van der Waals surface area (Å²) in [6.45, 7) is 7.53. The minimum atomic E-state index is 0.228. The lowest BCUT2D eigenvalue weighted by Gasteiger charge is -2.40. The van der Waals surface area contributed by atoms with E-state index < -0.39 is 0 Å². The predicted molar refractivity (Wildman–Crippen MR) is 57.9 cm³/mol. The van der Waals surface area contributed by atoms with Crippen molar-refractivity contribution in [2.45, 2.75) is 33.2 Å². The molecule has 0 saturated carbocycles. The molecule has 76 valence electrons. The van der Waals surface area contributed by atoms with Crippen LogP contribution in [0.15, 0.2) is 0 Å². The SMILES string of the molecule is CC1CC(C)C(C)N(C(=O)CBr)C1. The van der Waals surface area contributed by atoms with Crippen molar-refractivity contribution < 1.29 is 4.79 Å². The number of likely N-dealkylation sites (tertiary alicyclic amines) is 1. The van der Waals surface area contributed by atoms with Gasteiger partial charge < -0.3 is 4.90 Å². The number of carbonyl (C=O) groups excluding carboxylic acids is 1. The van der Waals surface area contributed by atoms with Gasteiger partial charge in [-0.3, -0.25) is 4.79 Å². The minimum Gasteiger partial charge on any atom is -0.339 e. The molecule has 13 heavy (non-hydrogen) atoms. The first-order chi connectivity index (χ1) is 6.06. The van der Waals surface area contributed by atoms with Crippen molar-refractivity contribution in [1.82, 2.24) is 4.90 Å². The van der Waals surface area contributed by atoms with E-state index in [1.165, 1.54) is 6.42 Å². The van der Waals surface area contributed by atoms with Crippen molar-refractivity contribution in [3.8, 4) is 0 Å². The van der Waals surface area contributed by atoms with Gasteiger partial charge in [-0.15, -0.1) is 0 Å². The fourth-order valence-electron chi connectivity index (χ4n) is 2.12. The van der Waals surface area contributed by atoms with Crippen LogP contribution in [0.1, 0.15) is 27.2 Å². The zero-order valence-electron chi connectivity index (χ0n) is 8.59. The van der Waals surface area contributed by atoms with Crippen molar-refractivity contribution in [2.75, 3.05) is 11.9 Å². The summed E-state index contributed by atoms with van der Waals surface area (Å²) in [5, 5.41) is 0.455. The maximum Gasteiger partial charge on any atom is 0.233 e. The van der Waals surface area contributed by atoms with Crippen LogP contribution in [0.2, 0.25) is 0 Å². The van der Waals surface area contributed by atoms with Gasteiger partial charge >= 0.3 is 0 Å². The van der Waals surface area contributed by atoms with Gasteiger partial charge in [0, 0.05) is 12.6 Å². The molecule has 3 heteroatoms. The molecule has 0 aromatic carbocycles. The summed E-state index contributed by atoms with van der Waals surface area (Å²) in [5.41, 5.74) is 0. The summed E-state index contributed by atoms with van der Waals surface area (Å²) < 4.78 is 0. The standard InChI is InChI=1S/C10H18BrNO/c1-7-4-8(2)9(3)12(6-7)10(13)5-11/h7-9H,4-6H2,1-3H3. The summed E-state index contributed by atoms with van der Waals surface area (Å²) in [7, 11) is 0. The van der Waals surface area contributed by atoms with Gasteiger partial charge in [0.25, 0.3) is 0 Å². The van der Waals surface area contributed by atoms with E-state index in [2.05, 4.69) is 36.7 Å². The number of hydrogen-bond donors (Lipinski definition) is 0. The Balaban J connectivity index is 2.66. The fraction of sp³-hybridized carbons (Fsp3) is 0.900. The highest BCUT2D eigenvalue weighted by atomic mass is 79.9. The molecule has 0 aromatic heterocycles. The molecule has 0 bridgehead atoms. The number of amides is 1. The van der Waals surface area contributed by atoms with Crippen LogP contribution in [-0.4, -0.2) is 28.7 Å². The van der Waals surface area contributed by atoms with E-state index in [9.17, 15) is 4.79 Å². The molecule has 0 N–H and O–H groups in total. The highest BCUT2D eigenvalue weighted by molar-refractivity contribution is 9.09. The van der Waals surface area contributed by atoms with Gasteiger partial charge in [-0.25, -0.2) is 0 Å². The normalized spacial score (nSPS) is 34.8. The maximum atomic E-state index is 11.5. The van der Waals surface area contributed by atoms with E-state index in [0.29, 0.717) is 23.2 Å². The van der Waals surface area contributed by atoms with Crippen LogP contribution >= 0.6 is 15.9 Å². The lowest BCUT2D eigenvalue weighted by molar-refractivity contribution is -0.133. The molecule has 0 radical (unpaired) electrons. The quantitative estimate of drug-likeness (QED) is 0.652. The summed E-state index contributed by atoms with van der Waals surface area (Å²) in [5.74, 6) is 1.51. The van der Waals surface area contributed by atoms with E-state index in [1.807, 2.05) is 4.90 Å². The van der Waals surface area contributed by atoms with Gasteiger partial charge in [0.1, 0.15) is 0 Å². The van der Waals surface area contributed by atoms with E-state index in [1.54, 1.807) is 0 Å². The molecule has 3 unspecified atom stereocenters. The molecular weight excluding hydrogens is 230 g/mol. The summed E-state index contributed by atoms with van der Waals surface area (Å²) in [6.07, 6.45) is 1.24. The lowest BCUT2D eigenvalue weighted by Crippen LogP contribution is -2.49. The molecule has 0 aromatic rings. The Hall–Kier alpha value is -0.0500. The number of hydrogen-bond acceptors (Lipinski definition) is 1. The van der Waals surface area contributed by atoms with Crippen LogP contribution < -0.4 is 0 Å². The van der Waals surface area contributed by atoms with Crippen LogP contribution in [0.25, 0.3) is 0 Å². The number of nitrogens with zero attached hydrogens (tertiary/aromatic N) is 1. The summed E-state index contributed by atoms with van der Waals surface area (Å²) >= 11 is 3.23. The Morgan fingerprint density at radius 2 is 2.08 bits per heavy atom. The van der Waals surface area contributed by atoms with Crippen LogP contribution in [0.3, 0.4) is 0 Å². The molecule has 1 fully saturated rings. The van der Waals surface area contributed by atoms with Gasteiger partial charge in [-0.2, -0.15) is 0 Å². The number of carbonyl (C=O) groups is 1. The lowest BCUT2D eigenvalue weighted by atomic mass is 9.86. The largest absolute Gasteiger partial charge is 0.339 e. The Kier molecular flexibility index (Phi) is 3.77. The number of alkyl halides is 1. The van der Waals surface area contributed by atoms with Crippen molar-refractivity contribution in [2.24, 2.45) is 11.8 Å². The molecule has 0 spiro atoms. The molecule has 1 heterocycles. The van der Waals surface area contributed by atoms with E-state index >= 15 is 0 Å². The number of halogens is 1. The third-order valence-corrected chi connectivity index (χ3v) is 3.51. The second-order valence-corrected chi connectivity index (χ2v) is 4.80. The van der Waals surface area contributed by atoms with Gasteiger partial charge in [0.15, 0.2) is 0 Å². The topological polar surface area (TPSA) is 20.3 Å². The van der Waals surface area contributed by atoms with Gasteiger partial charge in [-0.05, 0) is 25.2 Å². The molecular formula is C10H18BrNO. The predicted octanol–water partition coefficient (Wildman–Crippen LogP) is 2.27. The second kappa shape index (κ2) is 4.45. The first kappa shape index (κ1) is 11.0. The van der Waals surface area contributed by atoms with E-state index in [4.69, 9.17) is 0 Å². The Morgan fingerprint density at radius 1 is 1.46 bits per heavy atom.